The number of carbonyl (C=O) groups excluding carboxylic acids is 2. The molecule has 3 aromatic carbocycles. The van der Waals surface area contributed by atoms with Gasteiger partial charge in [-0.25, -0.2) is 4.90 Å². The zero-order valence-corrected chi connectivity index (χ0v) is 17.1. The fraction of sp³-hybridized carbons (Fsp3) is 0.200. The van der Waals surface area contributed by atoms with E-state index >= 15 is 0 Å². The zero-order chi connectivity index (χ0) is 22.1. The maximum Gasteiger partial charge on any atom is 0.273 e. The summed E-state index contributed by atoms with van der Waals surface area (Å²) in [5.41, 5.74) is 4.46. The van der Waals surface area contributed by atoms with E-state index in [1.54, 1.807) is 0 Å². The van der Waals surface area contributed by atoms with Gasteiger partial charge in [0.15, 0.2) is 0 Å². The molecule has 1 fully saturated rings. The molecule has 2 amide bonds. The first kappa shape index (κ1) is 18.7. The van der Waals surface area contributed by atoms with Crippen molar-refractivity contribution in [3.05, 3.63) is 99.1 Å². The van der Waals surface area contributed by atoms with Crippen LogP contribution in [-0.2, 0) is 9.59 Å². The van der Waals surface area contributed by atoms with Gasteiger partial charge < -0.3 is 4.74 Å². The van der Waals surface area contributed by atoms with E-state index in [-0.39, 0.29) is 40.8 Å². The number of non-ortho nitro benzene ring substituents is 1. The summed E-state index contributed by atoms with van der Waals surface area (Å²) in [6.07, 6.45) is 0. The summed E-state index contributed by atoms with van der Waals surface area (Å²) < 4.78 is 5.34. The molecule has 158 valence electrons. The van der Waals surface area contributed by atoms with E-state index in [1.165, 1.54) is 30.2 Å². The topological polar surface area (TPSA) is 89.8 Å². The van der Waals surface area contributed by atoms with Crippen molar-refractivity contribution < 1.29 is 19.2 Å². The fourth-order valence-corrected chi connectivity index (χ4v) is 5.88. The summed E-state index contributed by atoms with van der Waals surface area (Å²) in [4.78, 5) is 39.4. The van der Waals surface area contributed by atoms with Gasteiger partial charge in [0.25, 0.3) is 5.69 Å². The molecule has 4 aliphatic rings. The Morgan fingerprint density at radius 3 is 1.69 bits per heavy atom. The lowest BCUT2D eigenvalue weighted by molar-refractivity contribution is -0.384. The Labute approximate surface area is 183 Å². The molecule has 7 heteroatoms. The van der Waals surface area contributed by atoms with Gasteiger partial charge in [0.1, 0.15) is 5.75 Å². The Balaban J connectivity index is 1.53. The largest absolute Gasteiger partial charge is 0.494 e. The van der Waals surface area contributed by atoms with Crippen LogP contribution in [0.2, 0.25) is 0 Å². The van der Waals surface area contributed by atoms with Crippen molar-refractivity contribution in [1.29, 1.82) is 0 Å². The lowest BCUT2D eigenvalue weighted by atomic mass is 9.55. The second kappa shape index (κ2) is 6.50. The van der Waals surface area contributed by atoms with Gasteiger partial charge in [0, 0.05) is 17.9 Å². The third-order valence-corrected chi connectivity index (χ3v) is 7.06. The van der Waals surface area contributed by atoms with Crippen molar-refractivity contribution in [2.24, 2.45) is 11.8 Å². The number of hydrogen-bond acceptors (Lipinski definition) is 5. The summed E-state index contributed by atoms with van der Waals surface area (Å²) in [5.74, 6) is -1.89. The Morgan fingerprint density at radius 1 is 0.812 bits per heavy atom. The molecule has 1 aliphatic heterocycles. The monoisotopic (exact) mass is 426 g/mol. The third-order valence-electron chi connectivity index (χ3n) is 7.06. The Hall–Kier alpha value is -4.00. The van der Waals surface area contributed by atoms with Gasteiger partial charge in [-0.1, -0.05) is 48.5 Å². The molecule has 2 unspecified atom stereocenters. The molecule has 3 aliphatic carbocycles. The van der Waals surface area contributed by atoms with Crippen LogP contribution in [0.25, 0.3) is 0 Å². The quantitative estimate of drug-likeness (QED) is 0.359. The van der Waals surface area contributed by atoms with E-state index in [0.717, 1.165) is 22.3 Å². The third kappa shape index (κ3) is 2.25. The number of hydrogen-bond donors (Lipinski definition) is 0. The Bertz CT molecular complexity index is 1220. The van der Waals surface area contributed by atoms with E-state index < -0.39 is 16.8 Å². The molecule has 3 aromatic rings. The molecule has 0 N–H and O–H groups in total. The van der Waals surface area contributed by atoms with Crippen molar-refractivity contribution in [2.45, 2.75) is 11.8 Å². The molecular weight excluding hydrogens is 408 g/mol. The smallest absolute Gasteiger partial charge is 0.273 e. The first-order valence-electron chi connectivity index (χ1n) is 10.4. The molecular formula is C25H18N2O5. The number of nitrogens with zero attached hydrogens (tertiary/aromatic N) is 2. The van der Waals surface area contributed by atoms with E-state index in [4.69, 9.17) is 4.74 Å². The Kier molecular flexibility index (Phi) is 3.81. The second-order valence-corrected chi connectivity index (χ2v) is 8.39. The predicted molar refractivity (Wildman–Crippen MR) is 116 cm³/mol. The van der Waals surface area contributed by atoms with Gasteiger partial charge in [-0.3, -0.25) is 19.7 Å². The van der Waals surface area contributed by atoms with Crippen molar-refractivity contribution >= 4 is 23.2 Å². The molecule has 0 aromatic heterocycles. The van der Waals surface area contributed by atoms with E-state index in [2.05, 4.69) is 0 Å². The number of benzene rings is 3. The van der Waals surface area contributed by atoms with Crippen LogP contribution >= 0.6 is 0 Å². The number of rotatable bonds is 3. The highest BCUT2D eigenvalue weighted by atomic mass is 16.6. The van der Waals surface area contributed by atoms with Crippen LogP contribution in [-0.4, -0.2) is 23.8 Å². The number of nitro benzene ring substituents is 1. The maximum absolute atomic E-state index is 13.8. The van der Waals surface area contributed by atoms with Crippen molar-refractivity contribution in [2.75, 3.05) is 12.0 Å². The average Bonchev–Trinajstić information content (AvgIpc) is 3.09. The van der Waals surface area contributed by atoms with Gasteiger partial charge in [-0.05, 0) is 28.3 Å². The number of amides is 2. The van der Waals surface area contributed by atoms with Crippen LogP contribution in [0, 0.1) is 22.0 Å². The number of ether oxygens (including phenoxy) is 1. The van der Waals surface area contributed by atoms with Crippen LogP contribution in [0.1, 0.15) is 34.1 Å². The van der Waals surface area contributed by atoms with Gasteiger partial charge in [0.05, 0.1) is 35.6 Å². The molecule has 0 spiro atoms. The number of carbonyl (C=O) groups is 2. The van der Waals surface area contributed by atoms with E-state index in [9.17, 15) is 19.7 Å². The lowest BCUT2D eigenvalue weighted by Crippen LogP contribution is -2.41. The highest BCUT2D eigenvalue weighted by Gasteiger charge is 2.62. The van der Waals surface area contributed by atoms with Crippen molar-refractivity contribution in [3.8, 4) is 5.75 Å². The highest BCUT2D eigenvalue weighted by molar-refractivity contribution is 6.24. The maximum atomic E-state index is 13.8. The SMILES string of the molecule is COc1cc([N+](=O)[O-])ccc1N1C(=O)C2C3c4ccccc4C(c4ccccc43)C2C1=O. The van der Waals surface area contributed by atoms with Crippen molar-refractivity contribution in [1.82, 2.24) is 0 Å². The second-order valence-electron chi connectivity index (χ2n) is 8.39. The summed E-state index contributed by atoms with van der Waals surface area (Å²) in [6.45, 7) is 0. The van der Waals surface area contributed by atoms with Crippen LogP contribution in [0.3, 0.4) is 0 Å². The van der Waals surface area contributed by atoms with E-state index in [0.29, 0.717) is 0 Å². The van der Waals surface area contributed by atoms with Gasteiger partial charge in [-0.2, -0.15) is 0 Å². The summed E-state index contributed by atoms with van der Waals surface area (Å²) >= 11 is 0. The minimum absolute atomic E-state index is 0.127. The molecule has 2 bridgehead atoms. The number of anilines is 1. The Morgan fingerprint density at radius 2 is 1.28 bits per heavy atom. The average molecular weight is 426 g/mol. The molecule has 0 radical (unpaired) electrons. The summed E-state index contributed by atoms with van der Waals surface area (Å²) in [5, 5.41) is 11.2. The molecule has 7 nitrogen and oxygen atoms in total. The standard InChI is InChI=1S/C25H18N2O5/c1-32-19-12-13(27(30)31)10-11-18(19)26-24(28)22-20-14-6-2-3-7-15(14)21(23(22)25(26)29)17-9-5-4-8-16(17)20/h2-12,20-23H,1H3. The molecule has 0 saturated carbocycles. The predicted octanol–water partition coefficient (Wildman–Crippen LogP) is 4.00. The lowest BCUT2D eigenvalue weighted by Gasteiger charge is -2.45. The molecule has 2 atom stereocenters. The van der Waals surface area contributed by atoms with Crippen LogP contribution in [0.4, 0.5) is 11.4 Å². The molecule has 1 saturated heterocycles. The van der Waals surface area contributed by atoms with Crippen LogP contribution < -0.4 is 9.64 Å². The fourth-order valence-electron chi connectivity index (χ4n) is 5.88. The number of nitro groups is 1. The highest BCUT2D eigenvalue weighted by Crippen LogP contribution is 2.61. The molecule has 7 rings (SSSR count). The van der Waals surface area contributed by atoms with Gasteiger partial charge in [0.2, 0.25) is 11.8 Å². The summed E-state index contributed by atoms with van der Waals surface area (Å²) in [6, 6.07) is 20.0. The minimum atomic E-state index is -0.535. The number of imide groups is 1. The summed E-state index contributed by atoms with van der Waals surface area (Å²) in [7, 11) is 1.37. The zero-order valence-electron chi connectivity index (χ0n) is 17.1. The van der Waals surface area contributed by atoms with Gasteiger partial charge >= 0.3 is 0 Å². The van der Waals surface area contributed by atoms with E-state index in [1.807, 2.05) is 48.5 Å². The van der Waals surface area contributed by atoms with Crippen LogP contribution in [0.15, 0.2) is 66.7 Å². The molecule has 32 heavy (non-hydrogen) atoms. The normalized spacial score (nSPS) is 24.7. The van der Waals surface area contributed by atoms with Crippen molar-refractivity contribution in [3.63, 3.8) is 0 Å². The minimum Gasteiger partial charge on any atom is -0.494 e. The van der Waals surface area contributed by atoms with Crippen LogP contribution in [0.5, 0.6) is 5.75 Å². The molecule has 1 heterocycles. The number of methoxy groups -OCH3 is 1. The first-order chi connectivity index (χ1) is 15.5. The van der Waals surface area contributed by atoms with Gasteiger partial charge in [-0.15, -0.1) is 0 Å². The first-order valence-corrected chi connectivity index (χ1v) is 10.4.